The van der Waals surface area contributed by atoms with Gasteiger partial charge in [-0.1, -0.05) is 68.4 Å². The van der Waals surface area contributed by atoms with Gasteiger partial charge < -0.3 is 9.47 Å². The Morgan fingerprint density at radius 3 is 2.53 bits per heavy atom. The van der Waals surface area contributed by atoms with E-state index in [1.165, 1.54) is 11.8 Å². The SMILES string of the molecule is CCCCCCN1C(=O)C(=Cc2c(N3CCCC3)c3ccccc3n(CC)c2=O)SC1=S. The number of pyridine rings is 1. The number of amides is 1. The molecule has 5 nitrogen and oxygen atoms in total. The van der Waals surface area contributed by atoms with Crippen LogP contribution >= 0.6 is 24.0 Å². The third-order valence-corrected chi connectivity index (χ3v) is 7.68. The summed E-state index contributed by atoms with van der Waals surface area (Å²) < 4.78 is 2.41. The number of fused-ring (bicyclic) bond motifs is 1. The number of hydrogen-bond donors (Lipinski definition) is 0. The fourth-order valence-corrected chi connectivity index (χ4v) is 5.95. The van der Waals surface area contributed by atoms with Crippen LogP contribution in [0.4, 0.5) is 5.69 Å². The van der Waals surface area contributed by atoms with Crippen LogP contribution in [0.2, 0.25) is 0 Å². The van der Waals surface area contributed by atoms with E-state index in [0.29, 0.717) is 27.9 Å². The second kappa shape index (κ2) is 10.2. The van der Waals surface area contributed by atoms with Crippen LogP contribution < -0.4 is 10.5 Å². The molecule has 0 saturated carbocycles. The third-order valence-electron chi connectivity index (χ3n) is 6.30. The first kappa shape index (κ1) is 23.1. The van der Waals surface area contributed by atoms with Crippen molar-refractivity contribution in [3.63, 3.8) is 0 Å². The first-order chi connectivity index (χ1) is 15.6. The Morgan fingerprint density at radius 2 is 1.81 bits per heavy atom. The second-order valence-corrected chi connectivity index (χ2v) is 10.1. The Kier molecular flexibility index (Phi) is 7.36. The lowest BCUT2D eigenvalue weighted by Gasteiger charge is -2.24. The van der Waals surface area contributed by atoms with E-state index < -0.39 is 0 Å². The molecule has 2 aromatic rings. The van der Waals surface area contributed by atoms with Crippen molar-refractivity contribution in [1.29, 1.82) is 0 Å². The summed E-state index contributed by atoms with van der Waals surface area (Å²) in [6.45, 7) is 7.25. The normalized spacial score (nSPS) is 18.0. The lowest BCUT2D eigenvalue weighted by Crippen LogP contribution is -2.30. The van der Waals surface area contributed by atoms with Crippen molar-refractivity contribution in [2.24, 2.45) is 0 Å². The van der Waals surface area contributed by atoms with Crippen LogP contribution in [0.3, 0.4) is 0 Å². The number of anilines is 1. The highest BCUT2D eigenvalue weighted by molar-refractivity contribution is 8.26. The first-order valence-corrected chi connectivity index (χ1v) is 12.9. The smallest absolute Gasteiger partial charge is 0.266 e. The van der Waals surface area contributed by atoms with E-state index in [4.69, 9.17) is 12.2 Å². The Balaban J connectivity index is 1.79. The summed E-state index contributed by atoms with van der Waals surface area (Å²) in [5, 5.41) is 1.07. The topological polar surface area (TPSA) is 45.6 Å². The maximum Gasteiger partial charge on any atom is 0.266 e. The Morgan fingerprint density at radius 1 is 1.06 bits per heavy atom. The van der Waals surface area contributed by atoms with Crippen LogP contribution in [-0.2, 0) is 11.3 Å². The number of unbranched alkanes of at least 4 members (excludes halogenated alkanes) is 3. The van der Waals surface area contributed by atoms with Gasteiger partial charge in [0.05, 0.1) is 21.7 Å². The molecule has 0 bridgehead atoms. The Hall–Kier alpha value is -2.12. The van der Waals surface area contributed by atoms with Crippen molar-refractivity contribution in [1.82, 2.24) is 9.47 Å². The van der Waals surface area contributed by atoms with Crippen LogP contribution in [0.15, 0.2) is 34.0 Å². The maximum absolute atomic E-state index is 13.6. The summed E-state index contributed by atoms with van der Waals surface area (Å²) in [6.07, 6.45) is 8.40. The highest BCUT2D eigenvalue weighted by Gasteiger charge is 2.33. The van der Waals surface area contributed by atoms with E-state index in [1.54, 1.807) is 11.0 Å². The molecule has 1 aromatic carbocycles. The summed E-state index contributed by atoms with van der Waals surface area (Å²) in [5.74, 6) is -0.0699. The van der Waals surface area contributed by atoms with Gasteiger partial charge in [-0.3, -0.25) is 14.5 Å². The molecule has 0 atom stereocenters. The van der Waals surface area contributed by atoms with Crippen molar-refractivity contribution in [3.05, 3.63) is 45.1 Å². The summed E-state index contributed by atoms with van der Waals surface area (Å²) in [5.41, 5.74) is 2.48. The molecular formula is C25H31N3O2S2. The zero-order valence-corrected chi connectivity index (χ0v) is 20.6. The maximum atomic E-state index is 13.6. The third kappa shape index (κ3) is 4.37. The molecule has 4 rings (SSSR count). The van der Waals surface area contributed by atoms with Gasteiger partial charge in [-0.25, -0.2) is 0 Å². The minimum atomic E-state index is -0.0699. The molecule has 170 valence electrons. The summed E-state index contributed by atoms with van der Waals surface area (Å²) >= 11 is 6.84. The molecule has 3 heterocycles. The molecule has 0 spiro atoms. The van der Waals surface area contributed by atoms with Crippen LogP contribution in [0.1, 0.15) is 57.9 Å². The molecule has 0 N–H and O–H groups in total. The Labute approximate surface area is 199 Å². The fraction of sp³-hybridized carbons (Fsp3) is 0.480. The molecule has 32 heavy (non-hydrogen) atoms. The van der Waals surface area contributed by atoms with Gasteiger partial charge in [0.25, 0.3) is 11.5 Å². The van der Waals surface area contributed by atoms with E-state index in [0.717, 1.165) is 68.2 Å². The second-order valence-electron chi connectivity index (χ2n) is 8.42. The van der Waals surface area contributed by atoms with Crippen molar-refractivity contribution >= 4 is 56.9 Å². The van der Waals surface area contributed by atoms with E-state index in [2.05, 4.69) is 17.9 Å². The summed E-state index contributed by atoms with van der Waals surface area (Å²) in [6, 6.07) is 8.10. The average Bonchev–Trinajstić information content (AvgIpc) is 3.41. The molecule has 2 saturated heterocycles. The number of para-hydroxylation sites is 1. The predicted molar refractivity (Wildman–Crippen MR) is 139 cm³/mol. The minimum absolute atomic E-state index is 0.0404. The van der Waals surface area contributed by atoms with E-state index >= 15 is 0 Å². The number of nitrogens with zero attached hydrogens (tertiary/aromatic N) is 3. The molecule has 7 heteroatoms. The van der Waals surface area contributed by atoms with Gasteiger partial charge in [0.15, 0.2) is 0 Å². The number of aryl methyl sites for hydroxylation is 1. The van der Waals surface area contributed by atoms with Crippen LogP contribution in [0, 0.1) is 0 Å². The lowest BCUT2D eigenvalue weighted by molar-refractivity contribution is -0.122. The van der Waals surface area contributed by atoms with E-state index in [9.17, 15) is 9.59 Å². The van der Waals surface area contributed by atoms with Crippen molar-refractivity contribution in [2.75, 3.05) is 24.5 Å². The number of thiocarbonyl (C=S) groups is 1. The standard InChI is InChI=1S/C25H31N3O2S2/c1-3-5-6-9-16-28-24(30)21(32-25(28)31)17-19-22(26-14-10-11-15-26)18-12-7-8-13-20(18)27(4-2)23(19)29/h7-8,12-13,17H,3-6,9-11,14-16H2,1-2H3. The molecule has 0 unspecified atom stereocenters. The first-order valence-electron chi connectivity index (χ1n) is 11.7. The lowest BCUT2D eigenvalue weighted by atomic mass is 10.1. The monoisotopic (exact) mass is 469 g/mol. The zero-order chi connectivity index (χ0) is 22.7. The number of aromatic nitrogens is 1. The van der Waals surface area contributed by atoms with Gasteiger partial charge >= 0.3 is 0 Å². The molecule has 0 aliphatic carbocycles. The van der Waals surface area contributed by atoms with E-state index in [1.807, 2.05) is 29.7 Å². The van der Waals surface area contributed by atoms with Gasteiger partial charge in [-0.2, -0.15) is 0 Å². The van der Waals surface area contributed by atoms with Crippen LogP contribution in [-0.4, -0.2) is 39.3 Å². The highest BCUT2D eigenvalue weighted by Crippen LogP contribution is 2.37. The Bertz CT molecular complexity index is 1120. The molecule has 1 aromatic heterocycles. The molecular weight excluding hydrogens is 438 g/mol. The van der Waals surface area contributed by atoms with Crippen molar-refractivity contribution in [2.45, 2.75) is 58.9 Å². The minimum Gasteiger partial charge on any atom is -0.370 e. The number of carbonyl (C=O) groups is 1. The van der Waals surface area contributed by atoms with E-state index in [-0.39, 0.29) is 11.5 Å². The number of benzene rings is 1. The largest absolute Gasteiger partial charge is 0.370 e. The number of rotatable bonds is 8. The molecule has 0 radical (unpaired) electrons. The van der Waals surface area contributed by atoms with Gasteiger partial charge in [0.1, 0.15) is 4.32 Å². The van der Waals surface area contributed by atoms with Gasteiger partial charge in [0, 0.05) is 31.6 Å². The van der Waals surface area contributed by atoms with Gasteiger partial charge in [-0.05, 0) is 38.3 Å². The summed E-state index contributed by atoms with van der Waals surface area (Å²) in [7, 11) is 0. The highest BCUT2D eigenvalue weighted by atomic mass is 32.2. The molecule has 2 aliphatic rings. The molecule has 2 aliphatic heterocycles. The number of hydrogen-bond acceptors (Lipinski definition) is 5. The van der Waals surface area contributed by atoms with Crippen molar-refractivity contribution in [3.8, 4) is 0 Å². The van der Waals surface area contributed by atoms with Crippen molar-refractivity contribution < 1.29 is 4.79 Å². The van der Waals surface area contributed by atoms with Crippen LogP contribution in [0.5, 0.6) is 0 Å². The molecule has 1 amide bonds. The number of carbonyl (C=O) groups excluding carboxylic acids is 1. The predicted octanol–water partition coefficient (Wildman–Crippen LogP) is 5.40. The number of thioether (sulfide) groups is 1. The zero-order valence-electron chi connectivity index (χ0n) is 18.9. The van der Waals surface area contributed by atoms with Gasteiger partial charge in [-0.15, -0.1) is 0 Å². The van der Waals surface area contributed by atoms with Crippen LogP contribution in [0.25, 0.3) is 17.0 Å². The average molecular weight is 470 g/mol. The summed E-state index contributed by atoms with van der Waals surface area (Å²) in [4.78, 5) is 31.4. The quantitative estimate of drug-likeness (QED) is 0.294. The fourth-order valence-electron chi connectivity index (χ4n) is 4.66. The molecule has 2 fully saturated rings. The van der Waals surface area contributed by atoms with Gasteiger partial charge in [0.2, 0.25) is 0 Å².